The molecule has 0 heterocycles. The first kappa shape index (κ1) is 13.0. The number of nitrogens with one attached hydrogen (secondary N) is 1. The Kier molecular flexibility index (Phi) is 3.34. The minimum Gasteiger partial charge on any atom is -0.350 e. The minimum absolute atomic E-state index is 0.148. The topological polar surface area (TPSA) is 55.1 Å². The first-order valence-corrected chi connectivity index (χ1v) is 5.92. The molecule has 3 nitrogen and oxygen atoms in total. The Morgan fingerprint density at radius 3 is 2.67 bits per heavy atom. The van der Waals surface area contributed by atoms with Gasteiger partial charge in [0.1, 0.15) is 0 Å². The molecule has 18 heavy (non-hydrogen) atoms. The molecule has 5 heteroatoms. The summed E-state index contributed by atoms with van der Waals surface area (Å²) in [7, 11) is 0. The monoisotopic (exact) mass is 254 g/mol. The molecule has 1 saturated carbocycles. The number of hydrogen-bond acceptors (Lipinski definition) is 2. The summed E-state index contributed by atoms with van der Waals surface area (Å²) in [5.74, 6) is -1.84. The van der Waals surface area contributed by atoms with E-state index < -0.39 is 17.2 Å². The lowest BCUT2D eigenvalue weighted by Crippen LogP contribution is -2.53. The molecule has 98 valence electrons. The van der Waals surface area contributed by atoms with E-state index in [1.54, 1.807) is 6.92 Å². The van der Waals surface area contributed by atoms with Crippen LogP contribution in [0.2, 0.25) is 0 Å². The first-order chi connectivity index (χ1) is 8.41. The fourth-order valence-corrected chi connectivity index (χ4v) is 1.89. The van der Waals surface area contributed by atoms with Crippen molar-refractivity contribution < 1.29 is 13.6 Å². The van der Waals surface area contributed by atoms with Crippen LogP contribution in [0.3, 0.4) is 0 Å². The Morgan fingerprint density at radius 2 is 2.11 bits per heavy atom. The standard InChI is InChI=1S/C13H16F2N2O/c1-13(16,9-3-4-9)12(18)17-7-8-2-5-10(14)11(15)6-8/h2,5-6,9H,3-4,7,16H2,1H3,(H,17,18). The Morgan fingerprint density at radius 1 is 1.44 bits per heavy atom. The second kappa shape index (κ2) is 4.65. The van der Waals surface area contributed by atoms with Crippen molar-refractivity contribution >= 4 is 5.91 Å². The van der Waals surface area contributed by atoms with Crippen LogP contribution in [0, 0.1) is 17.6 Å². The summed E-state index contributed by atoms with van der Waals surface area (Å²) in [6.45, 7) is 1.85. The number of hydrogen-bond donors (Lipinski definition) is 2. The van der Waals surface area contributed by atoms with Gasteiger partial charge in [-0.05, 0) is 43.4 Å². The average molecular weight is 254 g/mol. The van der Waals surface area contributed by atoms with Crippen LogP contribution >= 0.6 is 0 Å². The van der Waals surface area contributed by atoms with Gasteiger partial charge in [0.2, 0.25) is 5.91 Å². The van der Waals surface area contributed by atoms with E-state index in [4.69, 9.17) is 5.73 Å². The third-order valence-electron chi connectivity index (χ3n) is 3.35. The van der Waals surface area contributed by atoms with E-state index in [1.807, 2.05) is 0 Å². The van der Waals surface area contributed by atoms with Crippen LogP contribution < -0.4 is 11.1 Å². The van der Waals surface area contributed by atoms with Gasteiger partial charge in [0.05, 0.1) is 5.54 Å². The van der Waals surface area contributed by atoms with Crippen LogP contribution in [0.4, 0.5) is 8.78 Å². The predicted molar refractivity (Wildman–Crippen MR) is 63.5 cm³/mol. The zero-order chi connectivity index (χ0) is 13.3. The van der Waals surface area contributed by atoms with Gasteiger partial charge in [-0.1, -0.05) is 6.07 Å². The van der Waals surface area contributed by atoms with E-state index >= 15 is 0 Å². The smallest absolute Gasteiger partial charge is 0.240 e. The second-order valence-electron chi connectivity index (χ2n) is 4.99. The van der Waals surface area contributed by atoms with E-state index in [2.05, 4.69) is 5.32 Å². The molecular weight excluding hydrogens is 238 g/mol. The lowest BCUT2D eigenvalue weighted by Gasteiger charge is -2.23. The minimum atomic E-state index is -0.917. The summed E-state index contributed by atoms with van der Waals surface area (Å²) in [5.41, 5.74) is 5.57. The summed E-state index contributed by atoms with van der Waals surface area (Å²) >= 11 is 0. The van der Waals surface area contributed by atoms with E-state index in [0.717, 1.165) is 25.0 Å². The molecular formula is C13H16F2N2O. The number of amides is 1. The molecule has 1 amide bonds. The lowest BCUT2D eigenvalue weighted by atomic mass is 9.96. The van der Waals surface area contributed by atoms with Gasteiger partial charge in [0.25, 0.3) is 0 Å². The quantitative estimate of drug-likeness (QED) is 0.859. The van der Waals surface area contributed by atoms with Crippen LogP contribution in [0.15, 0.2) is 18.2 Å². The Bertz CT molecular complexity index is 470. The van der Waals surface area contributed by atoms with Crippen LogP contribution in [0.25, 0.3) is 0 Å². The van der Waals surface area contributed by atoms with Crippen molar-refractivity contribution in [2.45, 2.75) is 31.8 Å². The van der Waals surface area contributed by atoms with Crippen molar-refractivity contribution in [3.63, 3.8) is 0 Å². The highest BCUT2D eigenvalue weighted by molar-refractivity contribution is 5.86. The Labute approximate surface area is 104 Å². The van der Waals surface area contributed by atoms with Gasteiger partial charge in [-0.2, -0.15) is 0 Å². The Balaban J connectivity index is 1.94. The van der Waals surface area contributed by atoms with Gasteiger partial charge in [-0.25, -0.2) is 8.78 Å². The molecule has 1 atom stereocenters. The summed E-state index contributed by atoms with van der Waals surface area (Å²) in [4.78, 5) is 11.9. The van der Waals surface area contributed by atoms with Gasteiger partial charge in [0.15, 0.2) is 11.6 Å². The maximum atomic E-state index is 13.0. The molecule has 1 aliphatic carbocycles. The molecule has 0 radical (unpaired) electrons. The highest BCUT2D eigenvalue weighted by atomic mass is 19.2. The molecule has 0 bridgehead atoms. The summed E-state index contributed by atoms with van der Waals surface area (Å²) in [6, 6.07) is 3.55. The molecule has 0 aliphatic heterocycles. The van der Waals surface area contributed by atoms with Crippen LogP contribution in [0.5, 0.6) is 0 Å². The fourth-order valence-electron chi connectivity index (χ4n) is 1.89. The SMILES string of the molecule is CC(N)(C(=O)NCc1ccc(F)c(F)c1)C1CC1. The maximum Gasteiger partial charge on any atom is 0.240 e. The highest BCUT2D eigenvalue weighted by Crippen LogP contribution is 2.38. The predicted octanol–water partition coefficient (Wildman–Crippen LogP) is 1.71. The number of carbonyl (C=O) groups excluding carboxylic acids is 1. The van der Waals surface area contributed by atoms with Crippen molar-refractivity contribution in [3.05, 3.63) is 35.4 Å². The summed E-state index contributed by atoms with van der Waals surface area (Å²) in [6.07, 6.45) is 1.93. The largest absolute Gasteiger partial charge is 0.350 e. The van der Waals surface area contributed by atoms with Crippen molar-refractivity contribution in [1.29, 1.82) is 0 Å². The van der Waals surface area contributed by atoms with Crippen LogP contribution in [-0.4, -0.2) is 11.4 Å². The molecule has 1 aromatic rings. The highest BCUT2D eigenvalue weighted by Gasteiger charge is 2.43. The molecule has 3 N–H and O–H groups in total. The van der Waals surface area contributed by atoms with Gasteiger partial charge in [0, 0.05) is 6.54 Å². The van der Waals surface area contributed by atoms with Gasteiger partial charge >= 0.3 is 0 Å². The molecule has 1 aliphatic rings. The fraction of sp³-hybridized carbons (Fsp3) is 0.462. The molecule has 2 rings (SSSR count). The van der Waals surface area contributed by atoms with Crippen LogP contribution in [0.1, 0.15) is 25.3 Å². The normalized spacial score (nSPS) is 18.2. The zero-order valence-corrected chi connectivity index (χ0v) is 10.2. The molecule has 0 aromatic heterocycles. The average Bonchev–Trinajstić information content (AvgIpc) is 3.14. The third kappa shape index (κ3) is 2.67. The van der Waals surface area contributed by atoms with Crippen molar-refractivity contribution in [3.8, 4) is 0 Å². The number of halogens is 2. The number of benzene rings is 1. The molecule has 1 unspecified atom stereocenters. The van der Waals surface area contributed by atoms with Gasteiger partial charge in [-0.3, -0.25) is 4.79 Å². The lowest BCUT2D eigenvalue weighted by molar-refractivity contribution is -0.126. The van der Waals surface area contributed by atoms with E-state index in [1.165, 1.54) is 6.07 Å². The second-order valence-corrected chi connectivity index (χ2v) is 4.99. The third-order valence-corrected chi connectivity index (χ3v) is 3.35. The van der Waals surface area contributed by atoms with Crippen LogP contribution in [-0.2, 0) is 11.3 Å². The van der Waals surface area contributed by atoms with Gasteiger partial charge in [-0.15, -0.1) is 0 Å². The number of carbonyl (C=O) groups is 1. The Hall–Kier alpha value is -1.49. The summed E-state index contributed by atoms with van der Waals surface area (Å²) in [5, 5.41) is 2.65. The number of rotatable bonds is 4. The molecule has 0 saturated heterocycles. The maximum absolute atomic E-state index is 13.0. The first-order valence-electron chi connectivity index (χ1n) is 5.92. The van der Waals surface area contributed by atoms with E-state index in [-0.39, 0.29) is 18.4 Å². The van der Waals surface area contributed by atoms with E-state index in [0.29, 0.717) is 5.56 Å². The molecule has 1 fully saturated rings. The van der Waals surface area contributed by atoms with Crippen molar-refractivity contribution in [2.24, 2.45) is 11.7 Å². The molecule has 0 spiro atoms. The number of nitrogens with two attached hydrogens (primary N) is 1. The van der Waals surface area contributed by atoms with E-state index in [9.17, 15) is 13.6 Å². The molecule has 1 aromatic carbocycles. The zero-order valence-electron chi connectivity index (χ0n) is 10.2. The van der Waals surface area contributed by atoms with Crippen molar-refractivity contribution in [1.82, 2.24) is 5.32 Å². The summed E-state index contributed by atoms with van der Waals surface area (Å²) < 4.78 is 25.7. The van der Waals surface area contributed by atoms with Crippen molar-refractivity contribution in [2.75, 3.05) is 0 Å². The van der Waals surface area contributed by atoms with Gasteiger partial charge < -0.3 is 11.1 Å².